The predicted molar refractivity (Wildman–Crippen MR) is 127 cm³/mol. The van der Waals surface area contributed by atoms with Crippen LogP contribution in [0.4, 0.5) is 5.69 Å². The summed E-state index contributed by atoms with van der Waals surface area (Å²) in [5.74, 6) is 1.28. The summed E-state index contributed by atoms with van der Waals surface area (Å²) in [7, 11) is 3.15. The molecule has 35 heavy (non-hydrogen) atoms. The summed E-state index contributed by atoms with van der Waals surface area (Å²) >= 11 is 6.44. The number of carbonyl (C=O) groups excluding carboxylic acids is 1. The smallest absolute Gasteiger partial charge is 0.493 e. The number of nitrogens with zero attached hydrogens (tertiary/aromatic N) is 4. The van der Waals surface area contributed by atoms with E-state index in [2.05, 4.69) is 41.4 Å². The molecule has 1 aliphatic heterocycles. The molecule has 2 heterocycles. The quantitative estimate of drug-likeness (QED) is 0.495. The molecule has 2 aromatic carbocycles. The van der Waals surface area contributed by atoms with Crippen molar-refractivity contribution >= 4 is 23.2 Å². The maximum atomic E-state index is 13.9. The topological polar surface area (TPSA) is 102 Å². The summed E-state index contributed by atoms with van der Waals surface area (Å²) < 4.78 is 17.8. The van der Waals surface area contributed by atoms with Crippen LogP contribution in [0.1, 0.15) is 43.8 Å². The second kappa shape index (κ2) is 11.3. The Morgan fingerprint density at radius 2 is 1.91 bits per heavy atom. The number of aromatic amines is 1. The van der Waals surface area contributed by atoms with Crippen LogP contribution in [0.5, 0.6) is 11.5 Å². The van der Waals surface area contributed by atoms with Crippen molar-refractivity contribution in [2.45, 2.75) is 39.4 Å². The third-order valence-electron chi connectivity index (χ3n) is 5.51. The van der Waals surface area contributed by atoms with Gasteiger partial charge in [0.15, 0.2) is 17.3 Å². The van der Waals surface area contributed by atoms with Crippen molar-refractivity contribution in [3.63, 3.8) is 0 Å². The molecule has 0 radical (unpaired) electrons. The standard InChI is InChI=1S/C24H28ClN5O4.Na/c1-24(2,3)13-30-17-10-9-14(25)11-16(17)21(15-7-6-8-18(32-4)22(15)33-5)34-19(23(30)31)12-20-26-28-29-27-20;/h6-11,19,21H,12-13H2,1-5H3,(H,26,27,28,29);/q;+1/t19-,21-;/m1./s1. The van der Waals surface area contributed by atoms with E-state index in [4.69, 9.17) is 25.8 Å². The Balaban J connectivity index is 0.00000342. The van der Waals surface area contributed by atoms with Crippen LogP contribution < -0.4 is 43.9 Å². The third kappa shape index (κ3) is 5.98. The molecule has 9 nitrogen and oxygen atoms in total. The van der Waals surface area contributed by atoms with Gasteiger partial charge in [0.25, 0.3) is 5.91 Å². The zero-order chi connectivity index (χ0) is 24.5. The molecule has 4 rings (SSSR count). The Labute approximate surface area is 231 Å². The van der Waals surface area contributed by atoms with Crippen molar-refractivity contribution in [2.24, 2.45) is 5.41 Å². The average Bonchev–Trinajstić information content (AvgIpc) is 3.28. The van der Waals surface area contributed by atoms with Crippen molar-refractivity contribution in [3.05, 3.63) is 58.4 Å². The summed E-state index contributed by atoms with van der Waals surface area (Å²) in [6, 6.07) is 11.0. The molecule has 0 bridgehead atoms. The van der Waals surface area contributed by atoms with Gasteiger partial charge >= 0.3 is 29.6 Å². The van der Waals surface area contributed by atoms with Crippen molar-refractivity contribution in [1.29, 1.82) is 0 Å². The Morgan fingerprint density at radius 3 is 2.54 bits per heavy atom. The molecule has 0 saturated heterocycles. The number of amides is 1. The summed E-state index contributed by atoms with van der Waals surface area (Å²) in [5, 5.41) is 14.7. The minimum absolute atomic E-state index is 0. The van der Waals surface area contributed by atoms with Gasteiger partial charge in [-0.2, -0.15) is 5.21 Å². The van der Waals surface area contributed by atoms with Crippen LogP contribution in [0.15, 0.2) is 36.4 Å². The first-order valence-corrected chi connectivity index (χ1v) is 11.3. The van der Waals surface area contributed by atoms with Crippen molar-refractivity contribution < 1.29 is 48.6 Å². The Hall–Kier alpha value is -2.17. The van der Waals surface area contributed by atoms with E-state index in [1.165, 1.54) is 0 Å². The van der Waals surface area contributed by atoms with E-state index in [0.717, 1.165) is 11.3 Å². The number of anilines is 1. The molecule has 1 N–H and O–H groups in total. The number of tetrazole rings is 1. The van der Waals surface area contributed by atoms with Gasteiger partial charge in [-0.3, -0.25) is 4.79 Å². The van der Waals surface area contributed by atoms with Crippen LogP contribution in [0, 0.1) is 5.41 Å². The average molecular weight is 509 g/mol. The van der Waals surface area contributed by atoms with E-state index >= 15 is 0 Å². The molecule has 1 aromatic heterocycles. The van der Waals surface area contributed by atoms with Crippen LogP contribution in [0.25, 0.3) is 0 Å². The monoisotopic (exact) mass is 508 g/mol. The fraction of sp³-hybridized carbons (Fsp3) is 0.417. The summed E-state index contributed by atoms with van der Waals surface area (Å²) in [4.78, 5) is 15.6. The van der Waals surface area contributed by atoms with Gasteiger partial charge in [0.05, 0.1) is 14.2 Å². The van der Waals surface area contributed by atoms with E-state index in [-0.39, 0.29) is 47.3 Å². The summed E-state index contributed by atoms with van der Waals surface area (Å²) in [6.45, 7) is 6.73. The van der Waals surface area contributed by atoms with Gasteiger partial charge in [0.1, 0.15) is 12.2 Å². The van der Waals surface area contributed by atoms with Crippen molar-refractivity contribution in [3.8, 4) is 11.5 Å². The molecule has 11 heteroatoms. The number of ether oxygens (including phenoxy) is 3. The van der Waals surface area contributed by atoms with Gasteiger partial charge in [0.2, 0.25) is 0 Å². The predicted octanol–water partition coefficient (Wildman–Crippen LogP) is 0.984. The number of benzene rings is 2. The molecule has 0 unspecified atom stereocenters. The largest absolute Gasteiger partial charge is 1.00 e. The number of nitrogens with one attached hydrogen (secondary N) is 1. The zero-order valence-electron chi connectivity index (χ0n) is 20.8. The Morgan fingerprint density at radius 1 is 1.14 bits per heavy atom. The summed E-state index contributed by atoms with van der Waals surface area (Å²) in [5.41, 5.74) is 2.03. The molecule has 3 aromatic rings. The molecule has 180 valence electrons. The summed E-state index contributed by atoms with van der Waals surface area (Å²) in [6.07, 6.45) is -1.38. The molecule has 1 amide bonds. The third-order valence-corrected chi connectivity index (χ3v) is 5.75. The molecule has 0 fully saturated rings. The number of para-hydroxylation sites is 1. The number of hydrogen-bond donors (Lipinski definition) is 1. The van der Waals surface area contributed by atoms with Gasteiger partial charge in [0, 0.05) is 34.8 Å². The number of carbonyl (C=O) groups is 1. The second-order valence-electron chi connectivity index (χ2n) is 9.31. The Kier molecular flexibility index (Phi) is 8.82. The Bertz CT molecular complexity index is 1170. The second-order valence-corrected chi connectivity index (χ2v) is 9.74. The minimum Gasteiger partial charge on any atom is -0.493 e. The van der Waals surface area contributed by atoms with Gasteiger partial charge in [-0.25, -0.2) is 0 Å². The number of fused-ring (bicyclic) bond motifs is 1. The van der Waals surface area contributed by atoms with Crippen LogP contribution >= 0.6 is 11.6 Å². The van der Waals surface area contributed by atoms with Crippen molar-refractivity contribution in [1.82, 2.24) is 20.6 Å². The molecule has 1 aliphatic rings. The number of aromatic nitrogens is 4. The number of halogens is 1. The first-order valence-electron chi connectivity index (χ1n) is 10.9. The first kappa shape index (κ1) is 27.4. The molecular formula is C24H28ClN5NaO4+. The fourth-order valence-corrected chi connectivity index (χ4v) is 4.32. The minimum atomic E-state index is -0.868. The van der Waals surface area contributed by atoms with Gasteiger partial charge in [-0.15, -0.1) is 10.2 Å². The zero-order valence-corrected chi connectivity index (χ0v) is 23.6. The number of hydrogen-bond acceptors (Lipinski definition) is 7. The van der Waals surface area contributed by atoms with E-state index in [1.807, 2.05) is 30.3 Å². The maximum Gasteiger partial charge on any atom is 1.00 e. The number of H-pyrrole nitrogens is 1. The van der Waals surface area contributed by atoms with E-state index in [1.54, 1.807) is 25.2 Å². The van der Waals surface area contributed by atoms with Crippen LogP contribution in [-0.2, 0) is 16.0 Å². The first-order chi connectivity index (χ1) is 16.2. The molecule has 2 atom stereocenters. The molecular weight excluding hydrogens is 481 g/mol. The number of rotatable bonds is 6. The SMILES string of the molecule is COc1cccc([C@H]2O[C@H](Cc3nn[nH]n3)C(=O)N(CC(C)(C)C)c3ccc(Cl)cc32)c1OC.[Na+]. The fourth-order valence-electron chi connectivity index (χ4n) is 4.14. The maximum absolute atomic E-state index is 13.9. The van der Waals surface area contributed by atoms with Crippen LogP contribution in [-0.4, -0.2) is 53.4 Å². The normalized spacial score (nSPS) is 17.9. The van der Waals surface area contributed by atoms with Crippen LogP contribution in [0.2, 0.25) is 5.02 Å². The molecule has 0 aliphatic carbocycles. The van der Waals surface area contributed by atoms with Gasteiger partial charge in [-0.1, -0.05) is 49.7 Å². The van der Waals surface area contributed by atoms with Crippen molar-refractivity contribution in [2.75, 3.05) is 25.7 Å². The van der Waals surface area contributed by atoms with E-state index in [0.29, 0.717) is 34.5 Å². The van der Waals surface area contributed by atoms with E-state index in [9.17, 15) is 4.79 Å². The van der Waals surface area contributed by atoms with Crippen LogP contribution in [0.3, 0.4) is 0 Å². The molecule has 0 spiro atoms. The van der Waals surface area contributed by atoms with E-state index < -0.39 is 12.2 Å². The van der Waals surface area contributed by atoms with Gasteiger partial charge in [-0.05, 0) is 29.7 Å². The van der Waals surface area contributed by atoms with Gasteiger partial charge < -0.3 is 19.1 Å². The molecule has 0 saturated carbocycles. The number of methoxy groups -OCH3 is 2.